The Labute approximate surface area is 73.9 Å². The summed E-state index contributed by atoms with van der Waals surface area (Å²) in [5.41, 5.74) is 1.23. The van der Waals surface area contributed by atoms with E-state index in [-0.39, 0.29) is 5.69 Å². The Kier molecular flexibility index (Phi) is 1.70. The van der Waals surface area contributed by atoms with Gasteiger partial charge in [0.2, 0.25) is 0 Å². The Morgan fingerprint density at radius 3 is 2.85 bits per heavy atom. The second-order valence-electron chi connectivity index (χ2n) is 2.69. The lowest BCUT2D eigenvalue weighted by molar-refractivity contribution is 1.05. The Bertz CT molecular complexity index is 471. The fourth-order valence-electron chi connectivity index (χ4n) is 1.07. The highest BCUT2D eigenvalue weighted by Crippen LogP contribution is 2.08. The first-order chi connectivity index (χ1) is 6.25. The minimum Gasteiger partial charge on any atom is -0.288 e. The van der Waals surface area contributed by atoms with Crippen molar-refractivity contribution in [3.63, 3.8) is 0 Å². The normalized spacial score (nSPS) is 10.2. The van der Waals surface area contributed by atoms with E-state index in [0.29, 0.717) is 11.5 Å². The smallest absolute Gasteiger partial charge is 0.288 e. The van der Waals surface area contributed by atoms with E-state index in [0.717, 1.165) is 5.69 Å². The summed E-state index contributed by atoms with van der Waals surface area (Å²) in [4.78, 5) is 17.5. The molecule has 0 saturated carbocycles. The number of hydrogen-bond acceptors (Lipinski definition) is 3. The maximum atomic E-state index is 10.7. The zero-order valence-corrected chi connectivity index (χ0v) is 7.03. The number of hydrogen-bond donors (Lipinski definition) is 2. The third-order valence-corrected chi connectivity index (χ3v) is 1.63. The van der Waals surface area contributed by atoms with E-state index in [1.807, 2.05) is 19.1 Å². The highest BCUT2D eigenvalue weighted by Gasteiger charge is 2.02. The van der Waals surface area contributed by atoms with Crippen LogP contribution in [0.1, 0.15) is 5.69 Å². The van der Waals surface area contributed by atoms with Crippen LogP contribution in [0.25, 0.3) is 11.5 Å². The lowest BCUT2D eigenvalue weighted by atomic mass is 10.3. The molecule has 5 nitrogen and oxygen atoms in total. The number of rotatable bonds is 1. The van der Waals surface area contributed by atoms with Crippen LogP contribution in [0.4, 0.5) is 0 Å². The van der Waals surface area contributed by atoms with Gasteiger partial charge in [-0.2, -0.15) is 5.10 Å². The van der Waals surface area contributed by atoms with E-state index in [9.17, 15) is 4.79 Å². The number of aromatic nitrogens is 4. The van der Waals surface area contributed by atoms with Crippen molar-refractivity contribution in [1.29, 1.82) is 0 Å². The minimum atomic E-state index is -0.321. The molecule has 0 aliphatic heterocycles. The van der Waals surface area contributed by atoms with Gasteiger partial charge >= 0.3 is 5.69 Å². The lowest BCUT2D eigenvalue weighted by Crippen LogP contribution is -2.00. The van der Waals surface area contributed by atoms with E-state index >= 15 is 0 Å². The van der Waals surface area contributed by atoms with Crippen LogP contribution in [0.15, 0.2) is 23.0 Å². The monoisotopic (exact) mass is 176 g/mol. The molecule has 0 spiro atoms. The van der Waals surface area contributed by atoms with Gasteiger partial charge < -0.3 is 0 Å². The van der Waals surface area contributed by atoms with Crippen LogP contribution < -0.4 is 5.69 Å². The van der Waals surface area contributed by atoms with E-state index in [2.05, 4.69) is 20.2 Å². The molecule has 0 saturated heterocycles. The van der Waals surface area contributed by atoms with Crippen LogP contribution in [0.3, 0.4) is 0 Å². The van der Waals surface area contributed by atoms with Gasteiger partial charge in [0.25, 0.3) is 0 Å². The number of aromatic amines is 2. The molecule has 0 aliphatic rings. The van der Waals surface area contributed by atoms with Gasteiger partial charge in [0.05, 0.1) is 0 Å². The maximum absolute atomic E-state index is 10.7. The third kappa shape index (κ3) is 1.48. The summed E-state index contributed by atoms with van der Waals surface area (Å²) in [5.74, 6) is 0.466. The summed E-state index contributed by atoms with van der Waals surface area (Å²) in [7, 11) is 0. The van der Waals surface area contributed by atoms with E-state index in [4.69, 9.17) is 0 Å². The molecule has 2 aromatic rings. The molecular formula is C8H8N4O. The summed E-state index contributed by atoms with van der Waals surface area (Å²) in [6, 6.07) is 5.54. The molecule has 2 heterocycles. The number of nitrogens with zero attached hydrogens (tertiary/aromatic N) is 2. The van der Waals surface area contributed by atoms with Crippen molar-refractivity contribution < 1.29 is 0 Å². The summed E-state index contributed by atoms with van der Waals surface area (Å²) >= 11 is 0. The predicted molar refractivity (Wildman–Crippen MR) is 47.2 cm³/mol. The molecule has 0 aromatic carbocycles. The Morgan fingerprint density at radius 2 is 2.23 bits per heavy atom. The molecule has 0 fully saturated rings. The van der Waals surface area contributed by atoms with Crippen LogP contribution in [-0.2, 0) is 0 Å². The predicted octanol–water partition coefficient (Wildman–Crippen LogP) is 0.468. The number of aryl methyl sites for hydroxylation is 1. The van der Waals surface area contributed by atoms with Gasteiger partial charge in [-0.05, 0) is 19.1 Å². The van der Waals surface area contributed by atoms with Gasteiger partial charge in [-0.3, -0.25) is 4.98 Å². The van der Waals surface area contributed by atoms with Gasteiger partial charge in [-0.15, -0.1) is 0 Å². The molecule has 0 radical (unpaired) electrons. The molecule has 0 amide bonds. The fourth-order valence-corrected chi connectivity index (χ4v) is 1.07. The maximum Gasteiger partial charge on any atom is 0.340 e. The quantitative estimate of drug-likeness (QED) is 0.663. The first kappa shape index (κ1) is 7.72. The van der Waals surface area contributed by atoms with Crippen LogP contribution in [0.2, 0.25) is 0 Å². The molecule has 2 N–H and O–H groups in total. The molecule has 0 atom stereocenters. The van der Waals surface area contributed by atoms with Gasteiger partial charge in [0, 0.05) is 5.69 Å². The SMILES string of the molecule is Cc1cccc(-c2n[nH]c(=O)[nH]2)n1. The molecule has 2 rings (SSSR count). The van der Waals surface area contributed by atoms with Crippen molar-refractivity contribution in [2.45, 2.75) is 6.92 Å². The third-order valence-electron chi connectivity index (χ3n) is 1.63. The first-order valence-corrected chi connectivity index (χ1v) is 3.84. The zero-order valence-electron chi connectivity index (χ0n) is 7.03. The van der Waals surface area contributed by atoms with Gasteiger partial charge in [-0.25, -0.2) is 14.9 Å². The standard InChI is InChI=1S/C8H8N4O/c1-5-3-2-4-6(9-5)7-10-8(13)12-11-7/h2-4H,1H3,(H2,10,11,12,13). The fraction of sp³-hybridized carbons (Fsp3) is 0.125. The summed E-state index contributed by atoms with van der Waals surface area (Å²) in [6.07, 6.45) is 0. The van der Waals surface area contributed by atoms with Crippen molar-refractivity contribution in [3.05, 3.63) is 34.4 Å². The van der Waals surface area contributed by atoms with Crippen LogP contribution >= 0.6 is 0 Å². The summed E-state index contributed by atoms with van der Waals surface area (Å²) < 4.78 is 0. The van der Waals surface area contributed by atoms with Gasteiger partial charge in [-0.1, -0.05) is 6.07 Å². The van der Waals surface area contributed by atoms with E-state index in [1.165, 1.54) is 0 Å². The Morgan fingerprint density at radius 1 is 1.38 bits per heavy atom. The first-order valence-electron chi connectivity index (χ1n) is 3.84. The molecule has 66 valence electrons. The lowest BCUT2D eigenvalue weighted by Gasteiger charge is -1.95. The molecule has 5 heteroatoms. The molecule has 0 bridgehead atoms. The largest absolute Gasteiger partial charge is 0.340 e. The summed E-state index contributed by atoms with van der Waals surface area (Å²) in [5, 5.41) is 6.06. The molecule has 2 aromatic heterocycles. The molecule has 0 aliphatic carbocycles. The highest BCUT2D eigenvalue weighted by molar-refractivity contribution is 5.47. The van der Waals surface area contributed by atoms with Crippen LogP contribution in [0, 0.1) is 6.92 Å². The number of H-pyrrole nitrogens is 2. The van der Waals surface area contributed by atoms with Gasteiger partial charge in [0.1, 0.15) is 5.69 Å². The minimum absolute atomic E-state index is 0.321. The Hall–Kier alpha value is -1.91. The topological polar surface area (TPSA) is 74.4 Å². The number of nitrogens with one attached hydrogen (secondary N) is 2. The second kappa shape index (κ2) is 2.85. The van der Waals surface area contributed by atoms with Crippen LogP contribution in [-0.4, -0.2) is 20.2 Å². The second-order valence-corrected chi connectivity index (χ2v) is 2.69. The van der Waals surface area contributed by atoms with Crippen molar-refractivity contribution in [3.8, 4) is 11.5 Å². The molecule has 0 unspecified atom stereocenters. The van der Waals surface area contributed by atoms with Crippen molar-refractivity contribution in [1.82, 2.24) is 20.2 Å². The van der Waals surface area contributed by atoms with Crippen molar-refractivity contribution in [2.24, 2.45) is 0 Å². The van der Waals surface area contributed by atoms with Crippen LogP contribution in [0.5, 0.6) is 0 Å². The van der Waals surface area contributed by atoms with E-state index in [1.54, 1.807) is 6.07 Å². The van der Waals surface area contributed by atoms with Crippen molar-refractivity contribution in [2.75, 3.05) is 0 Å². The number of pyridine rings is 1. The highest BCUT2D eigenvalue weighted by atomic mass is 16.1. The van der Waals surface area contributed by atoms with E-state index < -0.39 is 0 Å². The zero-order chi connectivity index (χ0) is 9.26. The summed E-state index contributed by atoms with van der Waals surface area (Å²) in [6.45, 7) is 1.88. The Balaban J connectivity index is 2.52. The van der Waals surface area contributed by atoms with Gasteiger partial charge in [0.15, 0.2) is 5.82 Å². The average Bonchev–Trinajstić information content (AvgIpc) is 2.52. The molecular weight excluding hydrogens is 168 g/mol. The molecule has 13 heavy (non-hydrogen) atoms. The van der Waals surface area contributed by atoms with Crippen molar-refractivity contribution >= 4 is 0 Å². The average molecular weight is 176 g/mol.